The van der Waals surface area contributed by atoms with Gasteiger partial charge in [0.25, 0.3) is 0 Å². The van der Waals surface area contributed by atoms with E-state index in [0.717, 1.165) is 5.56 Å². The molecule has 0 saturated heterocycles. The molecule has 3 N–H and O–H groups in total. The van der Waals surface area contributed by atoms with Crippen LogP contribution in [0, 0.1) is 5.92 Å². The first kappa shape index (κ1) is 12.3. The standard InChI is InChI=1S/C10H11Cl2NO2/c11-8-2-1-6(4-9(8)12)3-7(5-13)10(14)15/h1-2,4,7H,3,5,13H2,(H,14,15)/t7-/m1/s1. The van der Waals surface area contributed by atoms with E-state index in [4.69, 9.17) is 23.2 Å². The van der Waals surface area contributed by atoms with Crippen LogP contribution in [-0.4, -0.2) is 12.5 Å². The Bertz CT molecular complexity index is 368. The van der Waals surface area contributed by atoms with E-state index < -0.39 is 11.9 Å². The van der Waals surface area contributed by atoms with E-state index in [1.807, 2.05) is 0 Å². The summed E-state index contributed by atoms with van der Waals surface area (Å²) in [5.41, 5.74) is 4.39. The minimum Gasteiger partial charge on any atom is -0.550 e. The lowest BCUT2D eigenvalue weighted by atomic mass is 10.00. The molecule has 1 atom stereocenters. The number of hydrogen-bond donors (Lipinski definition) is 1. The lowest BCUT2D eigenvalue weighted by Gasteiger charge is -2.14. The van der Waals surface area contributed by atoms with Crippen molar-refractivity contribution in [3.63, 3.8) is 0 Å². The number of aliphatic carboxylic acids is 1. The fourth-order valence-electron chi connectivity index (χ4n) is 1.25. The minimum atomic E-state index is -1.09. The molecule has 0 saturated carbocycles. The number of benzene rings is 1. The lowest BCUT2D eigenvalue weighted by molar-refractivity contribution is -0.387. The van der Waals surface area contributed by atoms with Gasteiger partial charge in [0, 0.05) is 0 Å². The Balaban J connectivity index is 2.80. The highest BCUT2D eigenvalue weighted by atomic mass is 35.5. The smallest absolute Gasteiger partial charge is 0.0824 e. The van der Waals surface area contributed by atoms with Crippen molar-refractivity contribution < 1.29 is 15.6 Å². The zero-order valence-electron chi connectivity index (χ0n) is 8.00. The average molecular weight is 248 g/mol. The van der Waals surface area contributed by atoms with Crippen molar-refractivity contribution in [3.05, 3.63) is 33.8 Å². The first-order chi connectivity index (χ1) is 7.04. The molecule has 82 valence electrons. The molecule has 3 nitrogen and oxygen atoms in total. The Hall–Kier alpha value is -0.770. The number of quaternary nitrogens is 1. The van der Waals surface area contributed by atoms with Crippen LogP contribution in [0.3, 0.4) is 0 Å². The highest BCUT2D eigenvalue weighted by Crippen LogP contribution is 2.23. The predicted molar refractivity (Wildman–Crippen MR) is 56.4 cm³/mol. The van der Waals surface area contributed by atoms with Gasteiger partial charge in [0.2, 0.25) is 0 Å². The fraction of sp³-hybridized carbons (Fsp3) is 0.300. The monoisotopic (exact) mass is 247 g/mol. The van der Waals surface area contributed by atoms with Crippen LogP contribution in [0.4, 0.5) is 0 Å². The Kier molecular flexibility index (Phi) is 4.39. The predicted octanol–water partition coefficient (Wildman–Crippen LogP) is 0.144. The molecule has 0 bridgehead atoms. The Morgan fingerprint density at radius 2 is 2.07 bits per heavy atom. The zero-order valence-corrected chi connectivity index (χ0v) is 9.52. The summed E-state index contributed by atoms with van der Waals surface area (Å²) < 4.78 is 0. The lowest BCUT2D eigenvalue weighted by Crippen LogP contribution is -2.57. The molecule has 0 fully saturated rings. The molecule has 0 radical (unpaired) electrons. The van der Waals surface area contributed by atoms with Crippen LogP contribution in [0.2, 0.25) is 10.0 Å². The number of halogens is 2. The van der Waals surface area contributed by atoms with Gasteiger partial charge in [-0.05, 0) is 24.1 Å². The van der Waals surface area contributed by atoms with E-state index in [0.29, 0.717) is 23.0 Å². The van der Waals surface area contributed by atoms with Gasteiger partial charge in [0.05, 0.1) is 28.5 Å². The molecule has 0 aliphatic rings. The molecule has 0 unspecified atom stereocenters. The largest absolute Gasteiger partial charge is 0.550 e. The van der Waals surface area contributed by atoms with Crippen LogP contribution in [0.5, 0.6) is 0 Å². The Morgan fingerprint density at radius 1 is 1.40 bits per heavy atom. The van der Waals surface area contributed by atoms with Crippen LogP contribution in [-0.2, 0) is 11.2 Å². The van der Waals surface area contributed by atoms with E-state index in [9.17, 15) is 9.90 Å². The molecule has 15 heavy (non-hydrogen) atoms. The SMILES string of the molecule is [NH3+]C[C@@H](Cc1ccc(Cl)c(Cl)c1)C(=O)[O-]. The summed E-state index contributed by atoms with van der Waals surface area (Å²) in [5.74, 6) is -1.67. The third-order valence-electron chi connectivity index (χ3n) is 2.15. The van der Waals surface area contributed by atoms with Crippen molar-refractivity contribution in [2.24, 2.45) is 5.92 Å². The van der Waals surface area contributed by atoms with Crippen LogP contribution in [0.1, 0.15) is 5.56 Å². The first-order valence-corrected chi connectivity index (χ1v) is 5.24. The fourth-order valence-corrected chi connectivity index (χ4v) is 1.58. The molecule has 0 amide bonds. The van der Waals surface area contributed by atoms with E-state index in [1.54, 1.807) is 18.2 Å². The van der Waals surface area contributed by atoms with Gasteiger partial charge in [-0.25, -0.2) is 0 Å². The molecule has 0 spiro atoms. The van der Waals surface area contributed by atoms with Crippen LogP contribution < -0.4 is 10.8 Å². The summed E-state index contributed by atoms with van der Waals surface area (Å²) in [6.07, 6.45) is 0.364. The topological polar surface area (TPSA) is 67.8 Å². The van der Waals surface area contributed by atoms with Crippen molar-refractivity contribution >= 4 is 29.2 Å². The van der Waals surface area contributed by atoms with Crippen LogP contribution in [0.25, 0.3) is 0 Å². The number of carboxylic acids is 1. The molecular weight excluding hydrogens is 237 g/mol. The third-order valence-corrected chi connectivity index (χ3v) is 2.89. The highest BCUT2D eigenvalue weighted by Gasteiger charge is 2.11. The van der Waals surface area contributed by atoms with E-state index in [1.165, 1.54) is 0 Å². The molecule has 1 aromatic rings. The third kappa shape index (κ3) is 3.38. The molecule has 0 aromatic heterocycles. The summed E-state index contributed by atoms with van der Waals surface area (Å²) in [6.45, 7) is 0.294. The van der Waals surface area contributed by atoms with Crippen molar-refractivity contribution in [2.75, 3.05) is 6.54 Å². The maximum absolute atomic E-state index is 10.7. The molecular formula is C10H11Cl2NO2. The maximum Gasteiger partial charge on any atom is 0.0824 e. The number of hydrogen-bond acceptors (Lipinski definition) is 2. The van der Waals surface area contributed by atoms with E-state index in [2.05, 4.69) is 5.73 Å². The molecule has 0 heterocycles. The van der Waals surface area contributed by atoms with Gasteiger partial charge in [-0.1, -0.05) is 29.3 Å². The van der Waals surface area contributed by atoms with E-state index in [-0.39, 0.29) is 0 Å². The summed E-state index contributed by atoms with van der Waals surface area (Å²) in [7, 11) is 0. The van der Waals surface area contributed by atoms with Gasteiger partial charge in [-0.3, -0.25) is 0 Å². The number of carboxylic acid groups (broad SMARTS) is 1. The second-order valence-electron chi connectivity index (χ2n) is 3.26. The number of carbonyl (C=O) groups excluding carboxylic acids is 1. The molecule has 0 aliphatic carbocycles. The van der Waals surface area contributed by atoms with Gasteiger partial charge < -0.3 is 15.6 Å². The summed E-state index contributed by atoms with van der Waals surface area (Å²) in [4.78, 5) is 10.7. The van der Waals surface area contributed by atoms with Crippen molar-refractivity contribution in [2.45, 2.75) is 6.42 Å². The quantitative estimate of drug-likeness (QED) is 0.823. The normalized spacial score (nSPS) is 12.5. The molecule has 1 rings (SSSR count). The first-order valence-electron chi connectivity index (χ1n) is 4.48. The van der Waals surface area contributed by atoms with Gasteiger partial charge >= 0.3 is 0 Å². The second kappa shape index (κ2) is 5.35. The van der Waals surface area contributed by atoms with E-state index >= 15 is 0 Å². The Morgan fingerprint density at radius 3 is 2.53 bits per heavy atom. The van der Waals surface area contributed by atoms with Crippen LogP contribution >= 0.6 is 23.2 Å². The summed E-state index contributed by atoms with van der Waals surface area (Å²) in [6, 6.07) is 5.06. The molecule has 5 heteroatoms. The maximum atomic E-state index is 10.7. The molecule has 0 aliphatic heterocycles. The van der Waals surface area contributed by atoms with Crippen molar-refractivity contribution in [1.29, 1.82) is 0 Å². The van der Waals surface area contributed by atoms with Gasteiger partial charge in [0.15, 0.2) is 0 Å². The van der Waals surface area contributed by atoms with Crippen molar-refractivity contribution in [1.82, 2.24) is 0 Å². The number of carbonyl (C=O) groups is 1. The average Bonchev–Trinajstić information content (AvgIpc) is 2.19. The highest BCUT2D eigenvalue weighted by molar-refractivity contribution is 6.42. The minimum absolute atomic E-state index is 0.294. The summed E-state index contributed by atoms with van der Waals surface area (Å²) >= 11 is 11.6. The second-order valence-corrected chi connectivity index (χ2v) is 4.07. The van der Waals surface area contributed by atoms with Crippen molar-refractivity contribution in [3.8, 4) is 0 Å². The Labute approximate surface area is 97.8 Å². The zero-order chi connectivity index (χ0) is 11.4. The number of rotatable bonds is 4. The van der Waals surface area contributed by atoms with Crippen LogP contribution in [0.15, 0.2) is 18.2 Å². The van der Waals surface area contributed by atoms with Gasteiger partial charge in [-0.15, -0.1) is 0 Å². The van der Waals surface area contributed by atoms with Gasteiger partial charge in [-0.2, -0.15) is 0 Å². The molecule has 1 aromatic carbocycles. The summed E-state index contributed by atoms with van der Waals surface area (Å²) in [5, 5.41) is 11.6. The van der Waals surface area contributed by atoms with Gasteiger partial charge in [0.1, 0.15) is 0 Å².